The van der Waals surface area contributed by atoms with E-state index >= 15 is 0 Å². The van der Waals surface area contributed by atoms with Gasteiger partial charge in [-0.15, -0.1) is 0 Å². The molecular weight excluding hydrogens is 792 g/mol. The number of amides is 1. The average molecular weight is 890 g/mol. The number of quaternary nitrogens is 1. The zero-order valence-corrected chi connectivity index (χ0v) is 41.7. The monoisotopic (exact) mass is 890 g/mol. The third kappa shape index (κ3) is 45.9. The van der Waals surface area contributed by atoms with E-state index in [9.17, 15) is 19.4 Å². The lowest BCUT2D eigenvalue weighted by molar-refractivity contribution is -0.870. The van der Waals surface area contributed by atoms with E-state index in [0.717, 1.165) is 57.8 Å². The van der Waals surface area contributed by atoms with Crippen LogP contribution in [-0.4, -0.2) is 73.4 Å². The molecule has 3 N–H and O–H groups in total. The van der Waals surface area contributed by atoms with Gasteiger partial charge in [-0.2, -0.15) is 0 Å². The van der Waals surface area contributed by atoms with Crippen LogP contribution in [0.5, 0.6) is 0 Å². The molecule has 3 atom stereocenters. The number of nitrogens with one attached hydrogen (secondary N) is 1. The van der Waals surface area contributed by atoms with Gasteiger partial charge in [-0.05, 0) is 70.6 Å². The van der Waals surface area contributed by atoms with Gasteiger partial charge in [0, 0.05) is 6.42 Å². The summed E-state index contributed by atoms with van der Waals surface area (Å²) in [5.41, 5.74) is 0. The summed E-state index contributed by atoms with van der Waals surface area (Å²) in [5, 5.41) is 13.8. The molecule has 0 heterocycles. The Bertz CT molecular complexity index is 1240. The number of hydrogen-bond acceptors (Lipinski definition) is 5. The van der Waals surface area contributed by atoms with Crippen LogP contribution < -0.4 is 5.32 Å². The van der Waals surface area contributed by atoms with E-state index in [0.29, 0.717) is 23.9 Å². The predicted molar refractivity (Wildman–Crippen MR) is 267 cm³/mol. The number of aliphatic hydroxyl groups is 1. The summed E-state index contributed by atoms with van der Waals surface area (Å²) in [6.07, 6.45) is 60.1. The Balaban J connectivity index is 4.37. The fourth-order valence-electron chi connectivity index (χ4n) is 6.93. The molecule has 1 amide bonds. The summed E-state index contributed by atoms with van der Waals surface area (Å²) in [7, 11) is 1.52. The normalized spacial score (nSPS) is 14.8. The van der Waals surface area contributed by atoms with E-state index in [1.54, 1.807) is 6.08 Å². The van der Waals surface area contributed by atoms with Crippen LogP contribution in [0.2, 0.25) is 0 Å². The highest BCUT2D eigenvalue weighted by Crippen LogP contribution is 2.43. The smallest absolute Gasteiger partial charge is 0.387 e. The first-order chi connectivity index (χ1) is 30.0. The van der Waals surface area contributed by atoms with Gasteiger partial charge in [-0.25, -0.2) is 4.57 Å². The summed E-state index contributed by atoms with van der Waals surface area (Å²) < 4.78 is 23.6. The minimum absolute atomic E-state index is 0.0448. The summed E-state index contributed by atoms with van der Waals surface area (Å²) in [4.78, 5) is 23.1. The van der Waals surface area contributed by atoms with E-state index in [4.69, 9.17) is 9.05 Å². The second kappa shape index (κ2) is 44.2. The molecule has 0 aromatic heterocycles. The molecule has 0 aliphatic carbocycles. The lowest BCUT2D eigenvalue weighted by atomic mass is 10.0. The molecule has 0 bridgehead atoms. The van der Waals surface area contributed by atoms with Crippen LogP contribution in [0.15, 0.2) is 72.9 Å². The highest BCUT2D eigenvalue weighted by atomic mass is 31.2. The molecule has 62 heavy (non-hydrogen) atoms. The molecule has 0 fully saturated rings. The summed E-state index contributed by atoms with van der Waals surface area (Å²) in [6.45, 7) is 4.64. The van der Waals surface area contributed by atoms with Gasteiger partial charge in [0.1, 0.15) is 13.2 Å². The van der Waals surface area contributed by atoms with Crippen LogP contribution in [0.4, 0.5) is 0 Å². The van der Waals surface area contributed by atoms with Gasteiger partial charge < -0.3 is 19.8 Å². The Morgan fingerprint density at radius 3 is 1.48 bits per heavy atom. The average Bonchev–Trinajstić information content (AvgIpc) is 3.23. The number of likely N-dealkylation sites (N-methyl/N-ethyl adjacent to an activating group) is 1. The van der Waals surface area contributed by atoms with Gasteiger partial charge in [0.05, 0.1) is 39.9 Å². The Morgan fingerprint density at radius 1 is 0.565 bits per heavy atom. The first-order valence-electron chi connectivity index (χ1n) is 25.3. The summed E-state index contributed by atoms with van der Waals surface area (Å²) in [5.74, 6) is -0.229. The second-order valence-corrected chi connectivity index (χ2v) is 19.6. The van der Waals surface area contributed by atoms with Gasteiger partial charge in [0.15, 0.2) is 0 Å². The van der Waals surface area contributed by atoms with E-state index in [1.807, 2.05) is 27.2 Å². The molecule has 0 radical (unpaired) electrons. The van der Waals surface area contributed by atoms with Crippen LogP contribution in [0, 0.1) is 0 Å². The Kier molecular flexibility index (Phi) is 42.7. The van der Waals surface area contributed by atoms with Crippen LogP contribution in [0.3, 0.4) is 0 Å². The standard InChI is InChI=1S/C53H97N2O6P/c1-6-8-10-12-14-16-18-20-22-23-24-25-26-27-28-29-30-31-33-34-36-38-40-42-44-46-52(56)51(50-61-62(58,59)60-49-48-55(3,4)5)54-53(57)47-45-43-41-39-37-35-32-21-19-17-15-13-11-9-7-2/h9,11,15,17,21,32,36-39,44,46,51-52,56H,6-8,10,12-14,16,18-20,22-31,33-35,40-43,45,47-50H2,1-5H3,(H-,54,57,58,59)/p+1/b11-9-,17-15-,32-21-,38-36+,39-37-,46-44+. The fourth-order valence-corrected chi connectivity index (χ4v) is 7.67. The van der Waals surface area contributed by atoms with Gasteiger partial charge in [0.2, 0.25) is 5.91 Å². The third-order valence-electron chi connectivity index (χ3n) is 10.9. The van der Waals surface area contributed by atoms with Crippen molar-refractivity contribution in [2.75, 3.05) is 40.9 Å². The molecule has 0 saturated heterocycles. The van der Waals surface area contributed by atoms with Gasteiger partial charge in [0.25, 0.3) is 0 Å². The van der Waals surface area contributed by atoms with Crippen molar-refractivity contribution in [3.8, 4) is 0 Å². The zero-order chi connectivity index (χ0) is 45.7. The Hall–Kier alpha value is -2.06. The number of allylic oxidation sites excluding steroid dienone is 11. The van der Waals surface area contributed by atoms with Crippen molar-refractivity contribution in [3.05, 3.63) is 72.9 Å². The maximum absolute atomic E-state index is 12.9. The first-order valence-corrected chi connectivity index (χ1v) is 26.8. The molecule has 3 unspecified atom stereocenters. The maximum Gasteiger partial charge on any atom is 0.472 e. The van der Waals surface area contributed by atoms with Gasteiger partial charge >= 0.3 is 7.82 Å². The molecule has 0 spiro atoms. The molecule has 0 aliphatic rings. The van der Waals surface area contributed by atoms with Gasteiger partial charge in [-0.1, -0.05) is 202 Å². The zero-order valence-electron chi connectivity index (χ0n) is 40.8. The fraction of sp³-hybridized carbons (Fsp3) is 0.755. The molecule has 8 nitrogen and oxygen atoms in total. The summed E-state index contributed by atoms with van der Waals surface area (Å²) >= 11 is 0. The predicted octanol–water partition coefficient (Wildman–Crippen LogP) is 14.8. The lowest BCUT2D eigenvalue weighted by Crippen LogP contribution is -2.45. The number of rotatable bonds is 45. The molecule has 360 valence electrons. The van der Waals surface area contributed by atoms with Crippen LogP contribution in [0.1, 0.15) is 206 Å². The second-order valence-electron chi connectivity index (χ2n) is 18.2. The molecule has 0 aliphatic heterocycles. The number of phosphoric ester groups is 1. The highest BCUT2D eigenvalue weighted by Gasteiger charge is 2.27. The number of hydrogen-bond donors (Lipinski definition) is 3. The van der Waals surface area contributed by atoms with Crippen molar-refractivity contribution in [3.63, 3.8) is 0 Å². The van der Waals surface area contributed by atoms with E-state index in [2.05, 4.69) is 79.9 Å². The molecule has 0 aromatic rings. The Labute approximate surface area is 383 Å². The quantitative estimate of drug-likeness (QED) is 0.0243. The van der Waals surface area contributed by atoms with Crippen molar-refractivity contribution in [1.82, 2.24) is 5.32 Å². The van der Waals surface area contributed by atoms with Crippen LogP contribution in [-0.2, 0) is 18.4 Å². The topological polar surface area (TPSA) is 105 Å². The summed E-state index contributed by atoms with van der Waals surface area (Å²) in [6, 6.07) is -0.888. The number of carbonyl (C=O) groups is 1. The van der Waals surface area contributed by atoms with Crippen LogP contribution >= 0.6 is 7.82 Å². The van der Waals surface area contributed by atoms with E-state index in [-0.39, 0.29) is 19.1 Å². The minimum atomic E-state index is -4.36. The van der Waals surface area contributed by atoms with E-state index < -0.39 is 20.0 Å². The molecule has 0 saturated carbocycles. The molecule has 0 aromatic carbocycles. The number of aliphatic hydroxyl groups excluding tert-OH is 1. The van der Waals surface area contributed by atoms with E-state index in [1.165, 1.54) is 122 Å². The van der Waals surface area contributed by atoms with Crippen molar-refractivity contribution in [1.29, 1.82) is 0 Å². The minimum Gasteiger partial charge on any atom is -0.387 e. The van der Waals surface area contributed by atoms with Gasteiger partial charge in [-0.3, -0.25) is 13.8 Å². The lowest BCUT2D eigenvalue weighted by Gasteiger charge is -2.25. The van der Waals surface area contributed by atoms with Crippen molar-refractivity contribution < 1.29 is 32.9 Å². The van der Waals surface area contributed by atoms with Crippen molar-refractivity contribution >= 4 is 13.7 Å². The largest absolute Gasteiger partial charge is 0.472 e. The molecule has 0 rings (SSSR count). The number of carbonyl (C=O) groups excluding carboxylic acids is 1. The van der Waals surface area contributed by atoms with Crippen molar-refractivity contribution in [2.45, 2.75) is 219 Å². The highest BCUT2D eigenvalue weighted by molar-refractivity contribution is 7.47. The first kappa shape index (κ1) is 59.9. The molecular formula is C53H98N2O6P+. The maximum atomic E-state index is 12.9. The Morgan fingerprint density at radius 2 is 0.984 bits per heavy atom. The number of nitrogens with zero attached hydrogens (tertiary/aromatic N) is 1. The molecule has 9 heteroatoms. The van der Waals surface area contributed by atoms with Crippen LogP contribution in [0.25, 0.3) is 0 Å². The number of unbranched alkanes of at least 4 members (excludes halogenated alkanes) is 22. The third-order valence-corrected chi connectivity index (χ3v) is 11.9. The number of phosphoric acid groups is 1. The van der Waals surface area contributed by atoms with Crippen molar-refractivity contribution in [2.24, 2.45) is 0 Å². The SMILES string of the molecule is CC/C=C\C/C=C\C/C=C\C/C=C\CCCCC(=O)NC(COP(=O)(O)OCC[N+](C)(C)C)C(O)/C=C/CC/C=C/CCCCCCCCCCCCCCCCCCCCC.